The Hall–Kier alpha value is -0.240. The highest BCUT2D eigenvalue weighted by molar-refractivity contribution is 8.00. The maximum absolute atomic E-state index is 3.96. The first kappa shape index (κ1) is 3.93. The number of nitrogens with zero attached hydrogens (tertiary/aromatic N) is 1. The van der Waals surface area contributed by atoms with Crippen LogP contribution in [0.5, 0.6) is 0 Å². The van der Waals surface area contributed by atoms with Crippen LogP contribution in [0.4, 0.5) is 0 Å². The molecule has 0 amide bonds. The molecule has 0 fully saturated rings. The molecule has 1 rings (SSSR count). The molecule has 31 valence electrons. The van der Waals surface area contributed by atoms with Crippen molar-refractivity contribution in [2.24, 2.45) is 0 Å². The lowest BCUT2D eigenvalue weighted by atomic mass is 10.4. The molecule has 0 saturated carbocycles. The van der Waals surface area contributed by atoms with Gasteiger partial charge in [0.15, 0.2) is 0 Å². The largest absolute Gasteiger partial charge is 0.267 e. The molecule has 1 aliphatic heterocycles. The second-order valence-electron chi connectivity index (χ2n) is 1.14. The fraction of sp³-hybridized carbons (Fsp3) is 0.250. The van der Waals surface area contributed by atoms with Crippen molar-refractivity contribution in [1.82, 2.24) is 4.40 Å². The second-order valence-corrected chi connectivity index (χ2v) is 1.81. The fourth-order valence-electron chi connectivity index (χ4n) is 0.273. The van der Waals surface area contributed by atoms with E-state index in [-0.39, 0.29) is 0 Å². The molecule has 2 heteroatoms. The Bertz CT molecular complexity index is 101. The summed E-state index contributed by atoms with van der Waals surface area (Å²) < 4.78 is 3.96. The Morgan fingerprint density at radius 3 is 2.83 bits per heavy atom. The zero-order valence-electron chi connectivity index (χ0n) is 3.51. The predicted molar refractivity (Wildman–Crippen MR) is 29.5 cm³/mol. The van der Waals surface area contributed by atoms with Gasteiger partial charge in [-0.1, -0.05) is 0 Å². The van der Waals surface area contributed by atoms with Gasteiger partial charge in [0.2, 0.25) is 0 Å². The molecule has 0 saturated heterocycles. The van der Waals surface area contributed by atoms with Gasteiger partial charge in [-0.3, -0.25) is 0 Å². The summed E-state index contributed by atoms with van der Waals surface area (Å²) in [5.74, 6) is 0. The molecule has 0 N–H and O–H groups in total. The minimum atomic E-state index is 1.11. The number of allylic oxidation sites excluding steroid dienone is 1. The highest BCUT2D eigenvalue weighted by Crippen LogP contribution is 2.00. The van der Waals surface area contributed by atoms with Crippen molar-refractivity contribution in [1.29, 1.82) is 0 Å². The Labute approximate surface area is 41.3 Å². The van der Waals surface area contributed by atoms with Gasteiger partial charge >= 0.3 is 0 Å². The summed E-state index contributed by atoms with van der Waals surface area (Å²) in [4.78, 5) is 0. The van der Waals surface area contributed by atoms with Gasteiger partial charge in [0.05, 0.1) is 5.41 Å². The third-order valence-corrected chi connectivity index (χ3v) is 1.22. The summed E-state index contributed by atoms with van der Waals surface area (Å²) in [7, 11) is 0. The van der Waals surface area contributed by atoms with E-state index in [4.69, 9.17) is 0 Å². The predicted octanol–water partition coefficient (Wildman–Crippen LogP) is 0.959. The van der Waals surface area contributed by atoms with Crippen LogP contribution in [-0.4, -0.2) is 5.71 Å². The van der Waals surface area contributed by atoms with Crippen LogP contribution in [0.3, 0.4) is 0 Å². The van der Waals surface area contributed by atoms with E-state index >= 15 is 0 Å². The van der Waals surface area contributed by atoms with Crippen LogP contribution in [0.1, 0.15) is 6.92 Å². The van der Waals surface area contributed by atoms with Crippen LogP contribution in [-0.2, 0) is 0 Å². The van der Waals surface area contributed by atoms with Gasteiger partial charge in [-0.05, 0) is 0 Å². The van der Waals surface area contributed by atoms with Gasteiger partial charge in [0.1, 0.15) is 4.40 Å². The lowest BCUT2D eigenvalue weighted by Gasteiger charge is -1.52. The van der Waals surface area contributed by atoms with Crippen LogP contribution >= 0.6 is 11.9 Å². The van der Waals surface area contributed by atoms with Crippen LogP contribution in [0.2, 0.25) is 0 Å². The average Bonchev–Trinajstić information content (AvgIpc) is 1.86. The summed E-state index contributed by atoms with van der Waals surface area (Å²) in [6.07, 6.45) is 1.99. The molecule has 0 aliphatic carbocycles. The first-order valence-corrected chi connectivity index (χ1v) is 2.60. The van der Waals surface area contributed by atoms with E-state index in [1.807, 2.05) is 18.4 Å². The highest BCUT2D eigenvalue weighted by atomic mass is 32.2. The van der Waals surface area contributed by atoms with Gasteiger partial charge in [-0.2, -0.15) is 0 Å². The summed E-state index contributed by atoms with van der Waals surface area (Å²) in [6.45, 7) is 1.98. The van der Waals surface area contributed by atoms with E-state index in [0.717, 1.165) is 5.71 Å². The van der Waals surface area contributed by atoms with Gasteiger partial charge in [0, 0.05) is 13.0 Å². The summed E-state index contributed by atoms with van der Waals surface area (Å²) in [5.41, 5.74) is 1.11. The average molecular weight is 99.2 g/mol. The topological polar surface area (TPSA) is 14.1 Å². The summed E-state index contributed by atoms with van der Waals surface area (Å²) in [5, 5.41) is 1.97. The molecule has 0 aromatic heterocycles. The summed E-state index contributed by atoms with van der Waals surface area (Å²) >= 11 is 1.49. The summed E-state index contributed by atoms with van der Waals surface area (Å²) in [6, 6.07) is 0. The van der Waals surface area contributed by atoms with E-state index in [9.17, 15) is 0 Å². The Balaban J connectivity index is 2.68. The number of rotatable bonds is 0. The quantitative estimate of drug-likeness (QED) is 0.412. The third-order valence-electron chi connectivity index (χ3n) is 0.567. The number of hydrogen-bond acceptors (Lipinski definition) is 2. The molecule has 6 heavy (non-hydrogen) atoms. The van der Waals surface area contributed by atoms with E-state index in [1.165, 1.54) is 11.9 Å². The minimum absolute atomic E-state index is 1.11. The van der Waals surface area contributed by atoms with E-state index in [0.29, 0.717) is 0 Å². The molecule has 1 radical (unpaired) electrons. The molecule has 0 bridgehead atoms. The van der Waals surface area contributed by atoms with Crippen molar-refractivity contribution in [3.8, 4) is 0 Å². The zero-order chi connectivity index (χ0) is 4.41. The van der Waals surface area contributed by atoms with Crippen molar-refractivity contribution >= 4 is 17.7 Å². The lowest BCUT2D eigenvalue weighted by Crippen LogP contribution is -1.82. The monoisotopic (exact) mass is 99.0 g/mol. The van der Waals surface area contributed by atoms with Gasteiger partial charge in [-0.15, -0.1) is 0 Å². The standard InChI is InChI=1S/C4H5NS/c1-4-2-3-6-5-4/h2-3H,1H3/q+1. The van der Waals surface area contributed by atoms with Crippen molar-refractivity contribution in [2.45, 2.75) is 6.92 Å². The molecular weight excluding hydrogens is 94.1 g/mol. The molecule has 0 aromatic carbocycles. The zero-order valence-corrected chi connectivity index (χ0v) is 4.33. The molecule has 1 aliphatic rings. The molecular formula is C4H5NS+. The third kappa shape index (κ3) is 0.627. The first-order valence-electron chi connectivity index (χ1n) is 1.76. The molecule has 0 unspecified atom stereocenters. The maximum Gasteiger partial charge on any atom is 0.267 e. The fourth-order valence-corrected chi connectivity index (χ4v) is 0.819. The molecule has 1 heterocycles. The highest BCUT2D eigenvalue weighted by Gasteiger charge is 2.05. The second kappa shape index (κ2) is 1.47. The van der Waals surface area contributed by atoms with Crippen LogP contribution < -0.4 is 4.40 Å². The molecule has 1 nitrogen and oxygen atoms in total. The smallest absolute Gasteiger partial charge is 0.0257 e. The minimum Gasteiger partial charge on any atom is 0.0257 e. The Morgan fingerprint density at radius 1 is 1.83 bits per heavy atom. The van der Waals surface area contributed by atoms with Crippen molar-refractivity contribution < 1.29 is 0 Å². The van der Waals surface area contributed by atoms with Crippen LogP contribution in [0, 0.1) is 0 Å². The van der Waals surface area contributed by atoms with Crippen molar-refractivity contribution in [2.75, 3.05) is 0 Å². The Morgan fingerprint density at radius 2 is 2.67 bits per heavy atom. The van der Waals surface area contributed by atoms with Crippen LogP contribution in [0.15, 0.2) is 11.5 Å². The molecule has 0 aromatic rings. The van der Waals surface area contributed by atoms with E-state index in [2.05, 4.69) is 4.40 Å². The normalized spacial score (nSPS) is 18.5. The van der Waals surface area contributed by atoms with Gasteiger partial charge in [0.25, 0.3) is 17.7 Å². The maximum atomic E-state index is 3.96. The van der Waals surface area contributed by atoms with Crippen LogP contribution in [0.25, 0.3) is 0 Å². The molecule has 0 atom stereocenters. The SMILES string of the molecule is CC1=[N+]SC=C1. The van der Waals surface area contributed by atoms with E-state index < -0.39 is 0 Å². The van der Waals surface area contributed by atoms with Crippen molar-refractivity contribution in [3.63, 3.8) is 0 Å². The first-order chi connectivity index (χ1) is 2.89. The van der Waals surface area contributed by atoms with E-state index in [1.54, 1.807) is 0 Å². The Kier molecular flexibility index (Phi) is 0.965. The van der Waals surface area contributed by atoms with Crippen molar-refractivity contribution in [3.05, 3.63) is 11.5 Å². The molecule has 0 spiro atoms. The number of hydrogen-bond donors (Lipinski definition) is 0. The van der Waals surface area contributed by atoms with Gasteiger partial charge < -0.3 is 0 Å². The van der Waals surface area contributed by atoms with Gasteiger partial charge in [-0.25, -0.2) is 0 Å². The lowest BCUT2D eigenvalue weighted by molar-refractivity contribution is 1.66.